The summed E-state index contributed by atoms with van der Waals surface area (Å²) in [6, 6.07) is 6.67. The van der Waals surface area contributed by atoms with E-state index >= 15 is 0 Å². The Hall–Kier alpha value is -2.23. The lowest BCUT2D eigenvalue weighted by atomic mass is 9.49. The van der Waals surface area contributed by atoms with Gasteiger partial charge >= 0.3 is 5.97 Å². The van der Waals surface area contributed by atoms with Gasteiger partial charge in [-0.1, -0.05) is 6.92 Å². The monoisotopic (exact) mass is 487 g/mol. The Morgan fingerprint density at radius 1 is 1.14 bits per heavy atom. The number of rotatable bonds is 5. The number of fused-ring (bicyclic) bond motifs is 2. The molecule has 4 fully saturated rings. The third-order valence-electron chi connectivity index (χ3n) is 9.71. The Labute approximate surface area is 206 Å². The molecule has 2 aliphatic heterocycles. The number of methoxy groups -OCH3 is 1. The van der Waals surface area contributed by atoms with Crippen LogP contribution in [0.15, 0.2) is 24.3 Å². The summed E-state index contributed by atoms with van der Waals surface area (Å²) in [6.07, 6.45) is 3.80. The highest BCUT2D eigenvalue weighted by Gasteiger charge is 2.67. The van der Waals surface area contributed by atoms with Gasteiger partial charge in [0.15, 0.2) is 0 Å². The number of nitrogens with zero attached hydrogens (tertiary/aromatic N) is 3. The quantitative estimate of drug-likeness (QED) is 0.384. The first-order valence-corrected chi connectivity index (χ1v) is 12.8. The second-order valence-electron chi connectivity index (χ2n) is 11.4. The summed E-state index contributed by atoms with van der Waals surface area (Å²) in [7, 11) is 1.69. The van der Waals surface area contributed by atoms with Crippen molar-refractivity contribution in [3.05, 3.63) is 34.4 Å². The zero-order valence-corrected chi connectivity index (χ0v) is 20.9. The third-order valence-corrected chi connectivity index (χ3v) is 9.71. The first-order valence-electron chi connectivity index (χ1n) is 12.8. The van der Waals surface area contributed by atoms with Crippen molar-refractivity contribution in [3.63, 3.8) is 0 Å². The second kappa shape index (κ2) is 8.71. The highest BCUT2D eigenvalue weighted by atomic mass is 16.6. The zero-order chi connectivity index (χ0) is 25.0. The number of nitro groups is 1. The van der Waals surface area contributed by atoms with Crippen molar-refractivity contribution >= 4 is 17.3 Å². The van der Waals surface area contributed by atoms with Gasteiger partial charge in [-0.3, -0.25) is 19.8 Å². The van der Waals surface area contributed by atoms with Crippen LogP contribution in [0.5, 0.6) is 0 Å². The number of carbonyl (C=O) groups is 1. The maximum Gasteiger partial charge on any atom is 0.310 e. The minimum atomic E-state index is -0.991. The van der Waals surface area contributed by atoms with Gasteiger partial charge in [-0.05, 0) is 51.2 Å². The Morgan fingerprint density at radius 3 is 2.46 bits per heavy atom. The van der Waals surface area contributed by atoms with E-state index < -0.39 is 11.2 Å². The molecule has 5 rings (SSSR count). The molecule has 0 amide bonds. The molecule has 2 aliphatic carbocycles. The highest BCUT2D eigenvalue weighted by Crippen LogP contribution is 2.61. The fraction of sp³-hybridized carbons (Fsp3) is 0.731. The molecular weight excluding hydrogens is 450 g/mol. The number of anilines is 1. The Morgan fingerprint density at radius 2 is 1.83 bits per heavy atom. The fourth-order valence-corrected chi connectivity index (χ4v) is 7.34. The lowest BCUT2D eigenvalue weighted by Crippen LogP contribution is -2.69. The van der Waals surface area contributed by atoms with Crippen LogP contribution in [0.3, 0.4) is 0 Å². The molecule has 2 heterocycles. The standard InChI is InChI=1S/C26H37N3O6/c1-24-9-4-10-25(2,34-3)26(24,31)15-20-21(23(30)35-22(20)16-24)17-27-11-13-28(14-12-27)18-5-7-19(8-6-18)29(32)33/h5-8,20-22,31H,4,9-17H2,1-3H3/t20-,21+,22-,24-,25-,26-/m1/s1. The average Bonchev–Trinajstić information content (AvgIpc) is 3.12. The molecule has 0 spiro atoms. The van der Waals surface area contributed by atoms with Gasteiger partial charge in [0, 0.05) is 69.0 Å². The minimum absolute atomic E-state index is 0.0131. The number of ether oxygens (including phenoxy) is 2. The molecule has 4 aliphatic rings. The Bertz CT molecular complexity index is 980. The van der Waals surface area contributed by atoms with Crippen molar-refractivity contribution in [1.29, 1.82) is 0 Å². The summed E-state index contributed by atoms with van der Waals surface area (Å²) in [4.78, 5) is 28.1. The maximum atomic E-state index is 13.0. The van der Waals surface area contributed by atoms with Crippen molar-refractivity contribution in [1.82, 2.24) is 4.90 Å². The average molecular weight is 488 g/mol. The number of hydrogen-bond donors (Lipinski definition) is 1. The van der Waals surface area contributed by atoms with Crippen molar-refractivity contribution in [2.45, 2.75) is 63.3 Å². The molecule has 192 valence electrons. The minimum Gasteiger partial charge on any atom is -0.462 e. The molecule has 0 aromatic heterocycles. The third kappa shape index (κ3) is 3.92. The first-order chi connectivity index (χ1) is 16.6. The van der Waals surface area contributed by atoms with Crippen molar-refractivity contribution in [2.75, 3.05) is 44.7 Å². The van der Waals surface area contributed by atoms with Gasteiger partial charge in [0.05, 0.1) is 22.0 Å². The summed E-state index contributed by atoms with van der Waals surface area (Å²) in [5.74, 6) is -0.397. The summed E-state index contributed by atoms with van der Waals surface area (Å²) in [5, 5.41) is 23.0. The molecule has 9 nitrogen and oxygen atoms in total. The summed E-state index contributed by atoms with van der Waals surface area (Å²) >= 11 is 0. The largest absolute Gasteiger partial charge is 0.462 e. The van der Waals surface area contributed by atoms with E-state index in [2.05, 4.69) is 16.7 Å². The number of aliphatic hydroxyl groups is 1. The zero-order valence-electron chi connectivity index (χ0n) is 20.9. The van der Waals surface area contributed by atoms with E-state index in [1.54, 1.807) is 19.2 Å². The summed E-state index contributed by atoms with van der Waals surface area (Å²) in [6.45, 7) is 7.97. The molecule has 0 unspecified atom stereocenters. The Kier molecular flexibility index (Phi) is 6.09. The molecule has 1 aromatic rings. The van der Waals surface area contributed by atoms with Crippen LogP contribution >= 0.6 is 0 Å². The van der Waals surface area contributed by atoms with Crippen molar-refractivity contribution in [2.24, 2.45) is 17.3 Å². The van der Waals surface area contributed by atoms with E-state index in [1.807, 2.05) is 6.92 Å². The van der Waals surface area contributed by atoms with Crippen molar-refractivity contribution < 1.29 is 24.3 Å². The highest BCUT2D eigenvalue weighted by molar-refractivity contribution is 5.75. The molecule has 9 heteroatoms. The number of benzene rings is 1. The maximum absolute atomic E-state index is 13.0. The Balaban J connectivity index is 1.25. The topological polar surface area (TPSA) is 105 Å². The van der Waals surface area contributed by atoms with E-state index in [9.17, 15) is 20.0 Å². The molecule has 1 aromatic carbocycles. The van der Waals surface area contributed by atoms with Gasteiger partial charge in [0.1, 0.15) is 6.10 Å². The molecule has 0 radical (unpaired) electrons. The van der Waals surface area contributed by atoms with E-state index in [0.717, 1.165) is 51.1 Å². The number of esters is 1. The van der Waals surface area contributed by atoms with Crippen LogP contribution in [0, 0.1) is 27.4 Å². The van der Waals surface area contributed by atoms with Crippen LogP contribution in [-0.2, 0) is 14.3 Å². The van der Waals surface area contributed by atoms with Crippen LogP contribution in [0.1, 0.15) is 46.0 Å². The van der Waals surface area contributed by atoms with Gasteiger partial charge in [0.2, 0.25) is 0 Å². The summed E-state index contributed by atoms with van der Waals surface area (Å²) < 4.78 is 11.8. The van der Waals surface area contributed by atoms with Gasteiger partial charge in [-0.25, -0.2) is 0 Å². The van der Waals surface area contributed by atoms with Crippen LogP contribution in [0.25, 0.3) is 0 Å². The fourth-order valence-electron chi connectivity index (χ4n) is 7.34. The predicted molar refractivity (Wildman–Crippen MR) is 130 cm³/mol. The van der Waals surface area contributed by atoms with Gasteiger partial charge < -0.3 is 19.5 Å². The lowest BCUT2D eigenvalue weighted by Gasteiger charge is -2.62. The van der Waals surface area contributed by atoms with E-state index in [0.29, 0.717) is 19.4 Å². The van der Waals surface area contributed by atoms with Gasteiger partial charge in [0.25, 0.3) is 5.69 Å². The van der Waals surface area contributed by atoms with E-state index in [4.69, 9.17) is 9.47 Å². The normalized spacial score (nSPS) is 39.6. The van der Waals surface area contributed by atoms with E-state index in [1.165, 1.54) is 12.1 Å². The van der Waals surface area contributed by atoms with Gasteiger partial charge in [-0.15, -0.1) is 0 Å². The molecular formula is C26H37N3O6. The van der Waals surface area contributed by atoms with Gasteiger partial charge in [-0.2, -0.15) is 0 Å². The first kappa shape index (κ1) is 24.5. The van der Waals surface area contributed by atoms with Crippen LogP contribution in [0.2, 0.25) is 0 Å². The van der Waals surface area contributed by atoms with Crippen LogP contribution in [-0.4, -0.2) is 78.0 Å². The molecule has 6 atom stereocenters. The predicted octanol–water partition coefficient (Wildman–Crippen LogP) is 2.99. The number of nitro benzene ring substituents is 1. The van der Waals surface area contributed by atoms with E-state index in [-0.39, 0.29) is 39.9 Å². The van der Waals surface area contributed by atoms with Crippen molar-refractivity contribution in [3.8, 4) is 0 Å². The van der Waals surface area contributed by atoms with Crippen LogP contribution in [0.4, 0.5) is 11.4 Å². The molecule has 35 heavy (non-hydrogen) atoms. The molecule has 0 bridgehead atoms. The lowest BCUT2D eigenvalue weighted by molar-refractivity contribution is -0.384. The smallest absolute Gasteiger partial charge is 0.310 e. The SMILES string of the molecule is CO[C@]1(C)CCC[C@]2(C)C[C@H]3OC(=O)[C@@H](CN4CCN(c5ccc([N+](=O)[O-])cc5)CC4)[C@H]3C[C@@]21O. The number of hydrogen-bond acceptors (Lipinski definition) is 8. The number of carbonyl (C=O) groups excluding carboxylic acids is 1. The molecule has 1 N–H and O–H groups in total. The van der Waals surface area contributed by atoms with Crippen LogP contribution < -0.4 is 4.90 Å². The molecule has 2 saturated carbocycles. The second-order valence-corrected chi connectivity index (χ2v) is 11.4. The summed E-state index contributed by atoms with van der Waals surface area (Å²) in [5.41, 5.74) is -0.884. The molecule has 2 saturated heterocycles. The number of piperazine rings is 1. The number of non-ortho nitro benzene ring substituents is 1.